The van der Waals surface area contributed by atoms with Crippen LogP contribution in [0.5, 0.6) is 11.5 Å². The van der Waals surface area contributed by atoms with Crippen LogP contribution in [0.3, 0.4) is 0 Å². The van der Waals surface area contributed by atoms with E-state index < -0.39 is 18.0 Å². The number of carbonyl (C=O) groups is 2. The van der Waals surface area contributed by atoms with Crippen LogP contribution in [0.25, 0.3) is 6.08 Å². The summed E-state index contributed by atoms with van der Waals surface area (Å²) in [6.07, 6.45) is 1.71. The summed E-state index contributed by atoms with van der Waals surface area (Å²) >= 11 is 1.22. The van der Waals surface area contributed by atoms with Gasteiger partial charge in [-0.05, 0) is 36.3 Å². The second-order valence-corrected chi connectivity index (χ2v) is 8.50. The summed E-state index contributed by atoms with van der Waals surface area (Å²) in [6.45, 7) is 3.04. The molecule has 3 aromatic rings. The van der Waals surface area contributed by atoms with Crippen molar-refractivity contribution in [3.05, 3.63) is 90.6 Å². The molecule has 4 rings (SSSR count). The van der Waals surface area contributed by atoms with Crippen molar-refractivity contribution in [2.45, 2.75) is 19.9 Å². The fourth-order valence-corrected chi connectivity index (χ4v) is 4.85. The van der Waals surface area contributed by atoms with Crippen LogP contribution in [0.2, 0.25) is 0 Å². The van der Waals surface area contributed by atoms with Gasteiger partial charge in [0.15, 0.2) is 16.3 Å². The van der Waals surface area contributed by atoms with E-state index in [4.69, 9.17) is 14.2 Å². The maximum atomic E-state index is 13.5. The Labute approximate surface area is 199 Å². The molecule has 0 spiro atoms. The van der Waals surface area contributed by atoms with Gasteiger partial charge in [0.2, 0.25) is 0 Å². The summed E-state index contributed by atoms with van der Waals surface area (Å²) in [5.41, 5.74) is 1.99. The predicted octanol–water partition coefficient (Wildman–Crippen LogP) is 2.34. The molecule has 0 aliphatic carbocycles. The zero-order chi connectivity index (χ0) is 24.4. The smallest absolute Gasteiger partial charge is 0.338 e. The zero-order valence-electron chi connectivity index (χ0n) is 19.0. The molecule has 0 fully saturated rings. The average Bonchev–Trinajstić information content (AvgIpc) is 3.13. The molecule has 9 heteroatoms. The van der Waals surface area contributed by atoms with Crippen molar-refractivity contribution in [1.29, 1.82) is 0 Å². The van der Waals surface area contributed by atoms with E-state index in [1.165, 1.54) is 37.0 Å². The molecular weight excluding hydrogens is 456 g/mol. The number of benzene rings is 2. The highest BCUT2D eigenvalue weighted by Gasteiger charge is 2.32. The van der Waals surface area contributed by atoms with Gasteiger partial charge in [-0.1, -0.05) is 47.7 Å². The Kier molecular flexibility index (Phi) is 6.47. The summed E-state index contributed by atoms with van der Waals surface area (Å²) in [5.74, 6) is -0.342. The van der Waals surface area contributed by atoms with Crippen LogP contribution in [0.15, 0.2) is 69.6 Å². The number of ether oxygens (including phenoxy) is 3. The Bertz CT molecular complexity index is 1480. The summed E-state index contributed by atoms with van der Waals surface area (Å²) < 4.78 is 17.4. The van der Waals surface area contributed by atoms with Gasteiger partial charge in [-0.25, -0.2) is 9.79 Å². The molecule has 1 aromatic heterocycles. The molecule has 0 bridgehead atoms. The molecule has 8 nitrogen and oxygen atoms in total. The monoisotopic (exact) mass is 478 g/mol. The van der Waals surface area contributed by atoms with E-state index in [1.54, 1.807) is 31.2 Å². The van der Waals surface area contributed by atoms with Gasteiger partial charge < -0.3 is 14.2 Å². The first kappa shape index (κ1) is 23.2. The van der Waals surface area contributed by atoms with E-state index in [0.29, 0.717) is 31.9 Å². The quantitative estimate of drug-likeness (QED) is 0.413. The van der Waals surface area contributed by atoms with Crippen LogP contribution in [-0.2, 0) is 14.3 Å². The Hall–Kier alpha value is -3.98. The maximum Gasteiger partial charge on any atom is 0.338 e. The number of hydrogen-bond donors (Lipinski definition) is 0. The minimum absolute atomic E-state index is 0.283. The first-order valence-electron chi connectivity index (χ1n) is 10.4. The van der Waals surface area contributed by atoms with Crippen molar-refractivity contribution in [2.24, 2.45) is 4.99 Å². The number of carbonyl (C=O) groups excluding carboxylic acids is 2. The second-order valence-electron chi connectivity index (χ2n) is 7.49. The SMILES string of the molecule is COC(=O)C1=C(C)N=c2s/c(=C\c3ccc(OC(C)=O)c(OC)c3)c(=O)n2[C@@H]1c1ccccc1. The molecule has 2 heterocycles. The molecule has 0 unspecified atom stereocenters. The summed E-state index contributed by atoms with van der Waals surface area (Å²) in [7, 11) is 2.78. The van der Waals surface area contributed by atoms with Crippen molar-refractivity contribution in [1.82, 2.24) is 4.57 Å². The van der Waals surface area contributed by atoms with Gasteiger partial charge >= 0.3 is 11.9 Å². The Morgan fingerprint density at radius 1 is 1.09 bits per heavy atom. The highest BCUT2D eigenvalue weighted by molar-refractivity contribution is 7.07. The molecule has 34 heavy (non-hydrogen) atoms. The van der Waals surface area contributed by atoms with Gasteiger partial charge in [0.1, 0.15) is 0 Å². The molecule has 1 aliphatic heterocycles. The lowest BCUT2D eigenvalue weighted by molar-refractivity contribution is -0.136. The number of aromatic nitrogens is 1. The van der Waals surface area contributed by atoms with Crippen LogP contribution in [0.1, 0.15) is 31.0 Å². The highest BCUT2D eigenvalue weighted by Crippen LogP contribution is 2.31. The second kappa shape index (κ2) is 9.48. The van der Waals surface area contributed by atoms with Crippen molar-refractivity contribution >= 4 is 29.4 Å². The molecule has 0 amide bonds. The van der Waals surface area contributed by atoms with Gasteiger partial charge in [-0.15, -0.1) is 0 Å². The first-order chi connectivity index (χ1) is 16.3. The molecule has 0 saturated carbocycles. The third kappa shape index (κ3) is 4.29. The number of fused-ring (bicyclic) bond motifs is 1. The summed E-state index contributed by atoms with van der Waals surface area (Å²) in [6, 6.07) is 13.6. The lowest BCUT2D eigenvalue weighted by Crippen LogP contribution is -2.39. The van der Waals surface area contributed by atoms with Crippen LogP contribution in [0, 0.1) is 0 Å². The number of thiazole rings is 1. The molecule has 0 N–H and O–H groups in total. The van der Waals surface area contributed by atoms with Crippen LogP contribution >= 0.6 is 11.3 Å². The minimum Gasteiger partial charge on any atom is -0.493 e. The van der Waals surface area contributed by atoms with Crippen molar-refractivity contribution < 1.29 is 23.8 Å². The molecule has 1 atom stereocenters. The van der Waals surface area contributed by atoms with Crippen LogP contribution in [0.4, 0.5) is 0 Å². The van der Waals surface area contributed by atoms with Crippen molar-refractivity contribution in [3.8, 4) is 11.5 Å². The fraction of sp³-hybridized carbons (Fsp3) is 0.200. The Morgan fingerprint density at radius 3 is 2.47 bits per heavy atom. The fourth-order valence-electron chi connectivity index (χ4n) is 3.81. The minimum atomic E-state index is -0.659. The van der Waals surface area contributed by atoms with Gasteiger partial charge in [-0.3, -0.25) is 14.2 Å². The van der Waals surface area contributed by atoms with Crippen LogP contribution < -0.4 is 24.4 Å². The molecule has 2 aromatic carbocycles. The van der Waals surface area contributed by atoms with E-state index in [0.717, 1.165) is 5.56 Å². The van der Waals surface area contributed by atoms with Crippen molar-refractivity contribution in [3.63, 3.8) is 0 Å². The number of allylic oxidation sites excluding steroid dienone is 1. The zero-order valence-corrected chi connectivity index (χ0v) is 19.8. The number of esters is 2. The number of methoxy groups -OCH3 is 2. The van der Waals surface area contributed by atoms with E-state index >= 15 is 0 Å². The predicted molar refractivity (Wildman–Crippen MR) is 127 cm³/mol. The maximum absolute atomic E-state index is 13.5. The largest absolute Gasteiger partial charge is 0.493 e. The first-order valence-corrected chi connectivity index (χ1v) is 11.2. The van der Waals surface area contributed by atoms with E-state index in [1.807, 2.05) is 30.3 Å². The topological polar surface area (TPSA) is 96.2 Å². The van der Waals surface area contributed by atoms with E-state index in [9.17, 15) is 14.4 Å². The lowest BCUT2D eigenvalue weighted by Gasteiger charge is -2.24. The standard InChI is InChI=1S/C25H22N2O6S/c1-14-21(24(30)32-4)22(17-8-6-5-7-9-17)27-23(29)20(34-25(27)26-14)13-16-10-11-18(33-15(2)28)19(12-16)31-3/h5-13,22H,1-4H3/b20-13-/t22-/m1/s1. The van der Waals surface area contributed by atoms with Gasteiger partial charge in [0.25, 0.3) is 5.56 Å². The molecule has 1 aliphatic rings. The Morgan fingerprint density at radius 2 is 1.82 bits per heavy atom. The Balaban J connectivity index is 1.89. The van der Waals surface area contributed by atoms with Gasteiger partial charge in [0.05, 0.1) is 36.1 Å². The third-order valence-corrected chi connectivity index (χ3v) is 6.26. The molecular formula is C25H22N2O6S. The summed E-state index contributed by atoms with van der Waals surface area (Å²) in [5, 5.41) is 0. The molecule has 0 radical (unpaired) electrons. The summed E-state index contributed by atoms with van der Waals surface area (Å²) in [4.78, 5) is 42.5. The van der Waals surface area contributed by atoms with Gasteiger partial charge in [-0.2, -0.15) is 0 Å². The average molecular weight is 479 g/mol. The molecule has 0 saturated heterocycles. The number of nitrogens with zero attached hydrogens (tertiary/aromatic N) is 2. The normalized spacial score (nSPS) is 15.4. The molecule has 174 valence electrons. The van der Waals surface area contributed by atoms with Crippen LogP contribution in [-0.4, -0.2) is 30.7 Å². The van der Waals surface area contributed by atoms with E-state index in [2.05, 4.69) is 4.99 Å². The van der Waals surface area contributed by atoms with Gasteiger partial charge in [0, 0.05) is 6.92 Å². The van der Waals surface area contributed by atoms with Crippen molar-refractivity contribution in [2.75, 3.05) is 14.2 Å². The van der Waals surface area contributed by atoms with E-state index in [-0.39, 0.29) is 11.3 Å². The lowest BCUT2D eigenvalue weighted by atomic mass is 9.96. The third-order valence-electron chi connectivity index (χ3n) is 5.28. The number of rotatable bonds is 5. The number of hydrogen-bond acceptors (Lipinski definition) is 8. The highest BCUT2D eigenvalue weighted by atomic mass is 32.1.